The summed E-state index contributed by atoms with van der Waals surface area (Å²) in [6.45, 7) is 0.520. The van der Waals surface area contributed by atoms with E-state index < -0.39 is 10.0 Å². The molecule has 19 heavy (non-hydrogen) atoms. The van der Waals surface area contributed by atoms with Gasteiger partial charge in [-0.25, -0.2) is 13.1 Å². The number of nitrogens with one attached hydrogen (secondary N) is 1. The number of benzene rings is 1. The van der Waals surface area contributed by atoms with Crippen molar-refractivity contribution in [2.75, 3.05) is 30.4 Å². The molecule has 0 bridgehead atoms. The van der Waals surface area contributed by atoms with Gasteiger partial charge in [0.05, 0.1) is 4.90 Å². The van der Waals surface area contributed by atoms with E-state index in [-0.39, 0.29) is 11.5 Å². The lowest BCUT2D eigenvalue weighted by Crippen LogP contribution is -2.26. The molecule has 8 heteroatoms. The van der Waals surface area contributed by atoms with Crippen LogP contribution in [0.1, 0.15) is 6.42 Å². The predicted molar refractivity (Wildman–Crippen MR) is 82.8 cm³/mol. The van der Waals surface area contributed by atoms with Crippen molar-refractivity contribution in [1.82, 2.24) is 4.72 Å². The molecule has 0 heterocycles. The molecule has 0 atom stereocenters. The zero-order chi connectivity index (χ0) is 14.3. The van der Waals surface area contributed by atoms with E-state index >= 15 is 0 Å². The molecule has 0 saturated carbocycles. The molecule has 0 spiro atoms. The summed E-state index contributed by atoms with van der Waals surface area (Å²) < 4.78 is 27.0. The molecule has 1 aromatic rings. The summed E-state index contributed by atoms with van der Waals surface area (Å²) in [5.41, 5.74) is 6.07. The minimum atomic E-state index is -3.52. The van der Waals surface area contributed by atoms with Gasteiger partial charge in [-0.1, -0.05) is 0 Å². The van der Waals surface area contributed by atoms with Crippen molar-refractivity contribution in [2.45, 2.75) is 11.3 Å². The minimum absolute atomic E-state index is 0.164. The van der Waals surface area contributed by atoms with E-state index in [1.165, 1.54) is 6.07 Å². The summed E-state index contributed by atoms with van der Waals surface area (Å²) in [6.07, 6.45) is 0.723. The normalized spacial score (nSPS) is 11.7. The highest BCUT2D eigenvalue weighted by Crippen LogP contribution is 2.23. The van der Waals surface area contributed by atoms with Gasteiger partial charge in [-0.3, -0.25) is 0 Å². The molecule has 1 rings (SSSR count). The van der Waals surface area contributed by atoms with E-state index in [1.807, 2.05) is 0 Å². The first-order valence-electron chi connectivity index (χ1n) is 5.70. The van der Waals surface area contributed by atoms with Gasteiger partial charge in [-0.15, -0.1) is 0 Å². The molecule has 108 valence electrons. The van der Waals surface area contributed by atoms with Gasteiger partial charge in [0.1, 0.15) is 0 Å². The van der Waals surface area contributed by atoms with Crippen LogP contribution in [-0.2, 0) is 10.0 Å². The molecule has 0 aromatic heterocycles. The van der Waals surface area contributed by atoms with Crippen molar-refractivity contribution < 1.29 is 13.5 Å². The number of sulfonamides is 1. The molecule has 0 aliphatic rings. The average Bonchev–Trinajstić information content (AvgIpc) is 2.33. The summed E-state index contributed by atoms with van der Waals surface area (Å²) in [5.74, 6) is 1.50. The molecule has 0 amide bonds. The largest absolute Gasteiger partial charge is 0.399 e. The molecule has 0 unspecified atom stereocenters. The zero-order valence-electron chi connectivity index (χ0n) is 10.3. The Morgan fingerprint density at radius 2 is 2.11 bits per heavy atom. The fraction of sp³-hybridized carbons (Fsp3) is 0.455. The van der Waals surface area contributed by atoms with Gasteiger partial charge < -0.3 is 10.8 Å². The van der Waals surface area contributed by atoms with Gasteiger partial charge in [0, 0.05) is 29.1 Å². The van der Waals surface area contributed by atoms with E-state index in [4.69, 9.17) is 10.8 Å². The molecule has 1 aromatic carbocycles. The third-order valence-corrected chi connectivity index (χ3v) is 5.74. The van der Waals surface area contributed by atoms with Gasteiger partial charge >= 0.3 is 0 Å². The second kappa shape index (κ2) is 8.11. The van der Waals surface area contributed by atoms with E-state index in [9.17, 15) is 8.42 Å². The lowest BCUT2D eigenvalue weighted by Gasteiger charge is -2.08. The highest BCUT2D eigenvalue weighted by molar-refractivity contribution is 9.10. The maximum atomic E-state index is 12.0. The number of rotatable bonds is 8. The SMILES string of the molecule is Nc1ccc(S(=O)(=O)NCCSCCCO)c(Br)c1. The first-order valence-corrected chi connectivity index (χ1v) is 9.14. The Balaban J connectivity index is 2.52. The molecule has 5 nitrogen and oxygen atoms in total. The molecule has 4 N–H and O–H groups in total. The smallest absolute Gasteiger partial charge is 0.241 e. The second-order valence-corrected chi connectivity index (χ2v) is 7.59. The number of aliphatic hydroxyl groups excluding tert-OH is 1. The third kappa shape index (κ3) is 5.70. The molecule has 0 aliphatic carbocycles. The molecular formula is C11H17BrN2O3S2. The highest BCUT2D eigenvalue weighted by Gasteiger charge is 2.16. The number of hydrogen-bond acceptors (Lipinski definition) is 5. The number of halogens is 1. The molecule has 0 fully saturated rings. The summed E-state index contributed by atoms with van der Waals surface area (Å²) in [4.78, 5) is 0.182. The van der Waals surface area contributed by atoms with E-state index in [0.717, 1.165) is 12.2 Å². The zero-order valence-corrected chi connectivity index (χ0v) is 13.5. The Hall–Kier alpha value is -0.280. The Labute approximate surface area is 126 Å². The standard InChI is InChI=1S/C11H17BrN2O3S2/c12-10-8-9(13)2-3-11(10)19(16,17)14-4-7-18-6-1-5-15/h2-3,8,14-15H,1,4-7,13H2. The molecule has 0 saturated heterocycles. The van der Waals surface area contributed by atoms with Crippen LogP contribution in [0.15, 0.2) is 27.6 Å². The predicted octanol–water partition coefficient (Wildman–Crippen LogP) is 1.43. The number of hydrogen-bond donors (Lipinski definition) is 3. The van der Waals surface area contributed by atoms with Gasteiger partial charge in [-0.2, -0.15) is 11.8 Å². The number of anilines is 1. The summed E-state index contributed by atoms with van der Waals surface area (Å²) in [7, 11) is -3.52. The Kier molecular flexibility index (Phi) is 7.16. The number of aliphatic hydroxyl groups is 1. The third-order valence-electron chi connectivity index (χ3n) is 2.23. The Bertz CT molecular complexity index is 509. The average molecular weight is 369 g/mol. The van der Waals surface area contributed by atoms with Crippen molar-refractivity contribution in [1.29, 1.82) is 0 Å². The van der Waals surface area contributed by atoms with Crippen LogP contribution in [0.3, 0.4) is 0 Å². The maximum absolute atomic E-state index is 12.0. The first-order chi connectivity index (χ1) is 8.97. The van der Waals surface area contributed by atoms with Crippen molar-refractivity contribution in [3.63, 3.8) is 0 Å². The Morgan fingerprint density at radius 3 is 2.74 bits per heavy atom. The lowest BCUT2D eigenvalue weighted by molar-refractivity contribution is 0.296. The van der Waals surface area contributed by atoms with E-state index in [0.29, 0.717) is 22.5 Å². The summed E-state index contributed by atoms with van der Waals surface area (Å²) in [6, 6.07) is 4.58. The van der Waals surface area contributed by atoms with Crippen LogP contribution in [0.4, 0.5) is 5.69 Å². The monoisotopic (exact) mass is 368 g/mol. The van der Waals surface area contributed by atoms with Crippen LogP contribution in [0.5, 0.6) is 0 Å². The van der Waals surface area contributed by atoms with Crippen LogP contribution in [0.2, 0.25) is 0 Å². The van der Waals surface area contributed by atoms with E-state index in [2.05, 4.69) is 20.7 Å². The molecule has 0 aliphatic heterocycles. The summed E-state index contributed by atoms with van der Waals surface area (Å²) >= 11 is 4.80. The quantitative estimate of drug-likeness (QED) is 0.476. The van der Waals surface area contributed by atoms with Gasteiger partial charge in [0.2, 0.25) is 10.0 Å². The fourth-order valence-corrected chi connectivity index (χ4v) is 4.37. The lowest BCUT2D eigenvalue weighted by atomic mass is 10.3. The number of thioether (sulfide) groups is 1. The van der Waals surface area contributed by atoms with Crippen molar-refractivity contribution >= 4 is 43.4 Å². The fourth-order valence-electron chi connectivity index (χ4n) is 1.33. The minimum Gasteiger partial charge on any atom is -0.399 e. The number of nitrogen functional groups attached to an aromatic ring is 1. The Morgan fingerprint density at radius 1 is 1.37 bits per heavy atom. The van der Waals surface area contributed by atoms with Crippen LogP contribution < -0.4 is 10.5 Å². The van der Waals surface area contributed by atoms with Gasteiger partial charge in [-0.05, 0) is 46.3 Å². The molecular weight excluding hydrogens is 352 g/mol. The van der Waals surface area contributed by atoms with Crippen LogP contribution >= 0.6 is 27.7 Å². The van der Waals surface area contributed by atoms with Crippen LogP contribution in [0.25, 0.3) is 0 Å². The van der Waals surface area contributed by atoms with Crippen LogP contribution in [-0.4, -0.2) is 38.2 Å². The summed E-state index contributed by atoms with van der Waals surface area (Å²) in [5, 5.41) is 8.61. The van der Waals surface area contributed by atoms with Gasteiger partial charge in [0.15, 0.2) is 0 Å². The van der Waals surface area contributed by atoms with Crippen molar-refractivity contribution in [3.05, 3.63) is 22.7 Å². The first kappa shape index (κ1) is 16.8. The van der Waals surface area contributed by atoms with E-state index in [1.54, 1.807) is 23.9 Å². The van der Waals surface area contributed by atoms with Crippen LogP contribution in [0, 0.1) is 0 Å². The van der Waals surface area contributed by atoms with Gasteiger partial charge in [0.25, 0.3) is 0 Å². The topological polar surface area (TPSA) is 92.4 Å². The molecule has 0 radical (unpaired) electrons. The highest BCUT2D eigenvalue weighted by atomic mass is 79.9. The maximum Gasteiger partial charge on any atom is 0.241 e. The van der Waals surface area contributed by atoms with Crippen molar-refractivity contribution in [2.24, 2.45) is 0 Å². The number of nitrogens with two attached hydrogens (primary N) is 1. The van der Waals surface area contributed by atoms with Crippen molar-refractivity contribution in [3.8, 4) is 0 Å². The second-order valence-electron chi connectivity index (χ2n) is 3.78.